The summed E-state index contributed by atoms with van der Waals surface area (Å²) in [6, 6.07) is 23.5. The molecule has 30 heavy (non-hydrogen) atoms. The maximum atomic E-state index is 13.2. The number of nitrogens with zero attached hydrogens (tertiary/aromatic N) is 2. The monoisotopic (exact) mass is 450 g/mol. The van der Waals surface area contributed by atoms with Gasteiger partial charge in [0.25, 0.3) is 5.91 Å². The Kier molecular flexibility index (Phi) is 6.53. The molecule has 0 atom stereocenters. The molecule has 0 unspecified atom stereocenters. The van der Waals surface area contributed by atoms with Crippen molar-refractivity contribution in [3.05, 3.63) is 95.0 Å². The van der Waals surface area contributed by atoms with Crippen molar-refractivity contribution in [3.63, 3.8) is 0 Å². The summed E-state index contributed by atoms with van der Waals surface area (Å²) >= 11 is 9.42. The van der Waals surface area contributed by atoms with Crippen LogP contribution < -0.4 is 4.90 Å². The Balaban J connectivity index is 1.71. The Morgan fingerprint density at radius 3 is 2.60 bits per heavy atom. The van der Waals surface area contributed by atoms with Crippen LogP contribution in [0, 0.1) is 0 Å². The number of halogens is 1. The molecule has 0 aliphatic carbocycles. The van der Waals surface area contributed by atoms with E-state index in [1.807, 2.05) is 73.0 Å². The number of carbonyl (C=O) groups excluding carboxylic acids is 1. The molecule has 0 aliphatic heterocycles. The highest BCUT2D eigenvalue weighted by Gasteiger charge is 2.19. The second-order valence-electron chi connectivity index (χ2n) is 6.57. The van der Waals surface area contributed by atoms with Crippen molar-refractivity contribution >= 4 is 62.0 Å². The molecule has 0 N–H and O–H groups in total. The number of amides is 1. The Hall–Kier alpha value is -2.60. The summed E-state index contributed by atoms with van der Waals surface area (Å²) in [6.07, 6.45) is 5.35. The van der Waals surface area contributed by atoms with Gasteiger partial charge in [0, 0.05) is 16.0 Å². The average Bonchev–Trinajstić information content (AvgIpc) is 3.21. The molecule has 0 saturated carbocycles. The minimum Gasteiger partial charge on any atom is -0.280 e. The van der Waals surface area contributed by atoms with Crippen LogP contribution in [-0.2, 0) is 11.3 Å². The number of rotatable bonds is 6. The summed E-state index contributed by atoms with van der Waals surface area (Å²) in [6.45, 7) is 0.445. The second kappa shape index (κ2) is 9.47. The minimum absolute atomic E-state index is 0.136. The molecule has 0 spiro atoms. The number of para-hydroxylation sites is 1. The van der Waals surface area contributed by atoms with Crippen molar-refractivity contribution in [1.82, 2.24) is 4.98 Å². The number of aromatic nitrogens is 1. The molecular formula is C24H19ClN2OS2. The van der Waals surface area contributed by atoms with Gasteiger partial charge in [0.05, 0.1) is 16.8 Å². The maximum Gasteiger partial charge on any atom is 0.253 e. The molecule has 4 aromatic rings. The molecule has 1 heterocycles. The minimum atomic E-state index is -0.136. The van der Waals surface area contributed by atoms with Gasteiger partial charge in [0.2, 0.25) is 0 Å². The van der Waals surface area contributed by atoms with E-state index in [0.29, 0.717) is 16.7 Å². The third kappa shape index (κ3) is 4.59. The van der Waals surface area contributed by atoms with Gasteiger partial charge in [-0.1, -0.05) is 77.5 Å². The maximum absolute atomic E-state index is 13.2. The SMILES string of the molecule is CSc1cccc2sc(N(Cc3ccccc3)C(=O)/C=C/c3ccccc3Cl)nc12. The van der Waals surface area contributed by atoms with Gasteiger partial charge in [0.1, 0.15) is 0 Å². The second-order valence-corrected chi connectivity index (χ2v) is 8.83. The fourth-order valence-electron chi connectivity index (χ4n) is 3.06. The summed E-state index contributed by atoms with van der Waals surface area (Å²) in [4.78, 5) is 20.9. The molecule has 0 saturated heterocycles. The molecule has 0 radical (unpaired) electrons. The summed E-state index contributed by atoms with van der Waals surface area (Å²) in [5, 5.41) is 1.30. The Morgan fingerprint density at radius 2 is 1.83 bits per heavy atom. The first kappa shape index (κ1) is 20.7. The van der Waals surface area contributed by atoms with E-state index in [4.69, 9.17) is 16.6 Å². The Morgan fingerprint density at radius 1 is 1.07 bits per heavy atom. The number of benzene rings is 3. The van der Waals surface area contributed by atoms with Gasteiger partial charge in [-0.25, -0.2) is 4.98 Å². The standard InChI is InChI=1S/C24H19ClN2OS2/c1-29-20-12-7-13-21-23(20)26-24(30-21)27(16-17-8-3-2-4-9-17)22(28)15-14-18-10-5-6-11-19(18)25/h2-15H,16H2,1H3/b15-14+. The zero-order valence-electron chi connectivity index (χ0n) is 16.3. The molecule has 0 fully saturated rings. The van der Waals surface area contributed by atoms with E-state index in [2.05, 4.69) is 6.07 Å². The van der Waals surface area contributed by atoms with Crippen LogP contribution in [0.4, 0.5) is 5.13 Å². The van der Waals surface area contributed by atoms with Crippen LogP contribution in [0.25, 0.3) is 16.3 Å². The first-order valence-corrected chi connectivity index (χ1v) is 11.8. The zero-order chi connectivity index (χ0) is 20.9. The zero-order valence-corrected chi connectivity index (χ0v) is 18.7. The highest BCUT2D eigenvalue weighted by atomic mass is 35.5. The number of thioether (sulfide) groups is 1. The van der Waals surface area contributed by atoms with Crippen LogP contribution in [0.15, 0.2) is 83.8 Å². The van der Waals surface area contributed by atoms with E-state index in [1.165, 1.54) is 11.3 Å². The van der Waals surface area contributed by atoms with E-state index < -0.39 is 0 Å². The highest BCUT2D eigenvalue weighted by Crippen LogP contribution is 2.34. The van der Waals surface area contributed by atoms with Crippen LogP contribution in [0.1, 0.15) is 11.1 Å². The lowest BCUT2D eigenvalue weighted by molar-refractivity contribution is -0.114. The number of carbonyl (C=O) groups is 1. The predicted molar refractivity (Wildman–Crippen MR) is 130 cm³/mol. The van der Waals surface area contributed by atoms with Crippen molar-refractivity contribution in [2.75, 3.05) is 11.2 Å². The average molecular weight is 451 g/mol. The van der Waals surface area contributed by atoms with Gasteiger partial charge < -0.3 is 0 Å². The van der Waals surface area contributed by atoms with Crippen molar-refractivity contribution in [1.29, 1.82) is 0 Å². The van der Waals surface area contributed by atoms with Gasteiger partial charge >= 0.3 is 0 Å². The molecule has 0 aliphatic rings. The molecule has 0 bridgehead atoms. The van der Waals surface area contributed by atoms with Crippen molar-refractivity contribution < 1.29 is 4.79 Å². The molecule has 1 aromatic heterocycles. The predicted octanol–water partition coefficient (Wildman–Crippen LogP) is 6.92. The number of hydrogen-bond acceptors (Lipinski definition) is 4. The fraction of sp³-hybridized carbons (Fsp3) is 0.0833. The topological polar surface area (TPSA) is 33.2 Å². The molecule has 1 amide bonds. The molecule has 150 valence electrons. The van der Waals surface area contributed by atoms with E-state index in [9.17, 15) is 4.79 Å². The van der Waals surface area contributed by atoms with Gasteiger partial charge in [0.15, 0.2) is 5.13 Å². The van der Waals surface area contributed by atoms with Crippen LogP contribution in [0.3, 0.4) is 0 Å². The summed E-state index contributed by atoms with van der Waals surface area (Å²) in [5.41, 5.74) is 2.79. The number of fused-ring (bicyclic) bond motifs is 1. The van der Waals surface area contributed by atoms with Crippen LogP contribution in [0.5, 0.6) is 0 Å². The Bertz CT molecular complexity index is 1200. The highest BCUT2D eigenvalue weighted by molar-refractivity contribution is 7.98. The normalized spacial score (nSPS) is 11.3. The van der Waals surface area contributed by atoms with E-state index in [1.54, 1.807) is 28.8 Å². The Labute approximate surface area is 189 Å². The summed E-state index contributed by atoms with van der Waals surface area (Å²) in [7, 11) is 0. The summed E-state index contributed by atoms with van der Waals surface area (Å²) < 4.78 is 1.07. The number of anilines is 1. The lowest BCUT2D eigenvalue weighted by atomic mass is 10.2. The van der Waals surface area contributed by atoms with E-state index in [-0.39, 0.29) is 5.91 Å². The van der Waals surface area contributed by atoms with Crippen molar-refractivity contribution in [2.24, 2.45) is 0 Å². The van der Waals surface area contributed by atoms with Crippen LogP contribution >= 0.6 is 34.7 Å². The smallest absolute Gasteiger partial charge is 0.253 e. The van der Waals surface area contributed by atoms with Crippen molar-refractivity contribution in [3.8, 4) is 0 Å². The largest absolute Gasteiger partial charge is 0.280 e. The molecule has 3 aromatic carbocycles. The lowest BCUT2D eigenvalue weighted by Crippen LogP contribution is -2.28. The third-order valence-electron chi connectivity index (χ3n) is 4.58. The lowest BCUT2D eigenvalue weighted by Gasteiger charge is -2.18. The molecule has 3 nitrogen and oxygen atoms in total. The third-order valence-corrected chi connectivity index (χ3v) is 6.74. The number of hydrogen-bond donors (Lipinski definition) is 0. The first-order valence-electron chi connectivity index (χ1n) is 9.37. The van der Waals surface area contributed by atoms with Gasteiger partial charge in [-0.05, 0) is 41.7 Å². The summed E-state index contributed by atoms with van der Waals surface area (Å²) in [5.74, 6) is -0.136. The quantitative estimate of drug-likeness (QED) is 0.236. The number of thiazole rings is 1. The first-order chi connectivity index (χ1) is 14.7. The van der Waals surface area contributed by atoms with Crippen molar-refractivity contribution in [2.45, 2.75) is 11.4 Å². The van der Waals surface area contributed by atoms with E-state index in [0.717, 1.165) is 26.2 Å². The van der Waals surface area contributed by atoms with Gasteiger partial charge in [-0.15, -0.1) is 11.8 Å². The van der Waals surface area contributed by atoms with Crippen LogP contribution in [-0.4, -0.2) is 17.1 Å². The van der Waals surface area contributed by atoms with Gasteiger partial charge in [-0.2, -0.15) is 0 Å². The van der Waals surface area contributed by atoms with E-state index >= 15 is 0 Å². The molecule has 4 rings (SSSR count). The molecular weight excluding hydrogens is 432 g/mol. The van der Waals surface area contributed by atoms with Gasteiger partial charge in [-0.3, -0.25) is 9.69 Å². The van der Waals surface area contributed by atoms with Crippen LogP contribution in [0.2, 0.25) is 5.02 Å². The molecule has 6 heteroatoms. The fourth-order valence-corrected chi connectivity index (χ4v) is 4.88.